The Morgan fingerprint density at radius 1 is 0.617 bits per heavy atom. The quantitative estimate of drug-likeness (QED) is 0.183. The van der Waals surface area contributed by atoms with Crippen LogP contribution in [0.15, 0.2) is 141 Å². The summed E-state index contributed by atoms with van der Waals surface area (Å²) in [7, 11) is -2.05. The van der Waals surface area contributed by atoms with Crippen LogP contribution < -0.4 is 12.1 Å². The zero-order valence-electron chi connectivity index (χ0n) is 29.1. The molecule has 241 valence electrons. The molecule has 5 aliphatic carbocycles. The van der Waals surface area contributed by atoms with Crippen molar-refractivity contribution in [2.45, 2.75) is 78.7 Å². The summed E-state index contributed by atoms with van der Waals surface area (Å²) < 4.78 is 10.2. The standard InChI is InChI=1S/C12H11Ge.C12H10.C11H18N.C9H13.Hf/c1-3-7-11(8-4-1)13-12-9-5-2-6-10-12;1-3-7-11(8-4-1)12-9-5-2-6-10-12;1-10-3-8-2-9(4-10)6-11(12,5-8)7-10;1-6-5-7(2)9(4)8(6)3;/h1-10,13H;1-10H;8-9,12H,2-7H2,1H3;6H,1-4H3;/q;;-1;;+1. The molecule has 1 nitrogen and oxygen atoms in total. The zero-order chi connectivity index (χ0) is 32.6. The topological polar surface area (TPSA) is 12.0 Å². The normalized spacial score (nSPS) is 27.7. The first-order valence-electron chi connectivity index (χ1n) is 18.0. The van der Waals surface area contributed by atoms with E-state index in [9.17, 15) is 0 Å². The first-order chi connectivity index (χ1) is 22.7. The van der Waals surface area contributed by atoms with Gasteiger partial charge >= 0.3 is 225 Å². The van der Waals surface area contributed by atoms with Crippen LogP contribution in [0.1, 0.15) is 73.1 Å². The minimum absolute atomic E-state index is 0.422. The van der Waals surface area contributed by atoms with Gasteiger partial charge in [-0.15, -0.1) is 0 Å². The zero-order valence-corrected chi connectivity index (χ0v) is 35.1. The molecular formula is C44H52GeHfN. The van der Waals surface area contributed by atoms with Gasteiger partial charge in [-0.3, -0.25) is 0 Å². The minimum atomic E-state index is -2.50. The van der Waals surface area contributed by atoms with Gasteiger partial charge in [0, 0.05) is 0 Å². The molecule has 1 N–H and O–H groups in total. The fourth-order valence-corrected chi connectivity index (χ4v) is 65.6. The van der Waals surface area contributed by atoms with Gasteiger partial charge < -0.3 is 0 Å². The fourth-order valence-electron chi connectivity index (χ4n) is 10.3. The number of allylic oxidation sites excluding steroid dienone is 4. The molecule has 9 rings (SSSR count). The Morgan fingerprint density at radius 2 is 1.06 bits per heavy atom. The summed E-state index contributed by atoms with van der Waals surface area (Å²) in [4.78, 5) is 0. The van der Waals surface area contributed by atoms with Gasteiger partial charge in [-0.1, -0.05) is 60.7 Å². The predicted octanol–water partition coefficient (Wildman–Crippen LogP) is 9.62. The molecule has 4 saturated carbocycles. The summed E-state index contributed by atoms with van der Waals surface area (Å²) in [6.07, 6.45) is 8.85. The van der Waals surface area contributed by atoms with Crippen LogP contribution in [-0.2, 0) is 19.2 Å². The summed E-state index contributed by atoms with van der Waals surface area (Å²) in [5, 5.41) is 0. The average Bonchev–Trinajstić information content (AvgIpc) is 3.27. The maximum absolute atomic E-state index is 4.84. The molecule has 4 fully saturated rings. The Bertz CT molecular complexity index is 1640. The third kappa shape index (κ3) is 6.94. The van der Waals surface area contributed by atoms with Gasteiger partial charge in [0.15, 0.2) is 0 Å². The van der Waals surface area contributed by atoms with E-state index in [2.05, 4.69) is 144 Å². The number of hydrogen-bond acceptors (Lipinski definition) is 1. The van der Waals surface area contributed by atoms with Crippen molar-refractivity contribution in [2.24, 2.45) is 23.2 Å². The fraction of sp³-hybridized carbons (Fsp3) is 0.364. The molecule has 4 aromatic carbocycles. The second-order valence-corrected chi connectivity index (χ2v) is 46.8. The molecular weight excluding hydrogens is 794 g/mol. The Morgan fingerprint density at radius 3 is 1.47 bits per heavy atom. The molecule has 0 saturated heterocycles. The van der Waals surface area contributed by atoms with Crippen LogP contribution in [0.2, 0.25) is 0 Å². The Labute approximate surface area is 294 Å². The second-order valence-electron chi connectivity index (χ2n) is 15.6. The van der Waals surface area contributed by atoms with Gasteiger partial charge in [-0.05, 0) is 11.1 Å². The van der Waals surface area contributed by atoms with Crippen molar-refractivity contribution in [1.82, 2.24) is 3.30 Å². The van der Waals surface area contributed by atoms with Gasteiger partial charge in [0.25, 0.3) is 0 Å². The van der Waals surface area contributed by atoms with E-state index in [0.717, 1.165) is 11.8 Å². The molecule has 0 amide bonds. The number of nitrogens with one attached hydrogen (secondary N) is 1. The Kier molecular flexibility index (Phi) is 9.85. The van der Waals surface area contributed by atoms with Gasteiger partial charge in [-0.25, -0.2) is 0 Å². The van der Waals surface area contributed by atoms with Crippen molar-refractivity contribution in [3.8, 4) is 11.1 Å². The molecule has 0 aromatic heterocycles. The molecule has 0 spiro atoms. The van der Waals surface area contributed by atoms with E-state index in [-0.39, 0.29) is 0 Å². The Hall–Kier alpha value is -2.27. The van der Waals surface area contributed by atoms with Gasteiger partial charge in [-0.2, -0.15) is 0 Å². The maximum Gasteiger partial charge on any atom is -0.0184 e. The molecule has 3 atom stereocenters. The average molecular weight is 846 g/mol. The molecule has 4 bridgehead atoms. The number of hydrogen-bond donors (Lipinski definition) is 1. The van der Waals surface area contributed by atoms with Crippen molar-refractivity contribution in [3.05, 3.63) is 141 Å². The minimum Gasteiger partial charge on any atom is -0.0622 e. The molecule has 0 radical (unpaired) electrons. The van der Waals surface area contributed by atoms with Crippen LogP contribution >= 0.6 is 0 Å². The molecule has 5 aliphatic rings. The molecule has 4 aromatic rings. The van der Waals surface area contributed by atoms with Crippen molar-refractivity contribution in [3.63, 3.8) is 0 Å². The van der Waals surface area contributed by atoms with E-state index in [1.807, 2.05) is 15.5 Å². The summed E-state index contributed by atoms with van der Waals surface area (Å²) in [6.45, 7) is 12.5. The third-order valence-corrected chi connectivity index (χ3v) is 56.6. The first kappa shape index (κ1) is 33.2. The van der Waals surface area contributed by atoms with Crippen LogP contribution in [0, 0.1) is 23.2 Å². The van der Waals surface area contributed by atoms with Crippen LogP contribution in [0.5, 0.6) is 0 Å². The molecule has 3 heteroatoms. The smallest absolute Gasteiger partial charge is 0.0184 e. The third-order valence-electron chi connectivity index (χ3n) is 12.1. The van der Waals surface area contributed by atoms with E-state index in [1.165, 1.54) is 49.7 Å². The van der Waals surface area contributed by atoms with Gasteiger partial charge in [0.05, 0.1) is 0 Å². The maximum atomic E-state index is 4.84. The van der Waals surface area contributed by atoms with Crippen LogP contribution in [0.3, 0.4) is 0 Å². The predicted molar refractivity (Wildman–Crippen MR) is 200 cm³/mol. The van der Waals surface area contributed by atoms with Crippen molar-refractivity contribution >= 4 is 19.4 Å². The summed E-state index contributed by atoms with van der Waals surface area (Å²) in [5.41, 5.74) is 8.47. The van der Waals surface area contributed by atoms with Crippen molar-refractivity contribution in [2.75, 3.05) is 0 Å². The van der Waals surface area contributed by atoms with E-state index in [1.54, 1.807) is 25.5 Å². The number of benzene rings is 4. The summed E-state index contributed by atoms with van der Waals surface area (Å²) in [5.74, 6) is 2.58. The van der Waals surface area contributed by atoms with E-state index in [0.29, 0.717) is 16.9 Å². The van der Waals surface area contributed by atoms with Crippen molar-refractivity contribution < 1.29 is 19.2 Å². The summed E-state index contributed by atoms with van der Waals surface area (Å²) in [6, 6.07) is 44.4. The SMILES string of the molecule is CC1=C(C)C(C)[C]([Hf]([NH]C23CC4CC(CC(C)(C4)C2)C3)[GeH]([c]2ccccc2)[c]2ccccc2)=C1C.c1ccc(-c2ccccc2)cc1. The molecule has 0 aliphatic heterocycles. The largest absolute Gasteiger partial charge is 0.0622 e. The van der Waals surface area contributed by atoms with Crippen molar-refractivity contribution in [1.29, 1.82) is 0 Å². The number of rotatable bonds is 7. The molecule has 3 unspecified atom stereocenters. The van der Waals surface area contributed by atoms with E-state index < -0.39 is 29.9 Å². The van der Waals surface area contributed by atoms with Crippen LogP contribution in [0.25, 0.3) is 11.1 Å². The van der Waals surface area contributed by atoms with E-state index in [4.69, 9.17) is 3.30 Å². The van der Waals surface area contributed by atoms with Gasteiger partial charge in [0.2, 0.25) is 0 Å². The molecule has 47 heavy (non-hydrogen) atoms. The molecule has 0 heterocycles. The monoisotopic (exact) mass is 848 g/mol. The van der Waals surface area contributed by atoms with Crippen LogP contribution in [-0.4, -0.2) is 16.2 Å². The Balaban J connectivity index is 0.000000245. The van der Waals surface area contributed by atoms with E-state index >= 15 is 0 Å². The summed E-state index contributed by atoms with van der Waals surface area (Å²) >= 11 is -2.50. The van der Waals surface area contributed by atoms with Crippen LogP contribution in [0.4, 0.5) is 0 Å². The second kappa shape index (κ2) is 13.9. The van der Waals surface area contributed by atoms with Gasteiger partial charge in [0.1, 0.15) is 0 Å². The first-order valence-corrected chi connectivity index (χ1v) is 36.0.